The van der Waals surface area contributed by atoms with E-state index in [4.69, 9.17) is 4.74 Å². The average Bonchev–Trinajstić information content (AvgIpc) is 3.28. The van der Waals surface area contributed by atoms with Gasteiger partial charge >= 0.3 is 0 Å². The van der Waals surface area contributed by atoms with Gasteiger partial charge in [-0.05, 0) is 69.8 Å². The molecule has 0 aliphatic carbocycles. The number of guanidine groups is 1. The van der Waals surface area contributed by atoms with E-state index in [0.29, 0.717) is 0 Å². The molecule has 0 bridgehead atoms. The molecule has 2 aliphatic rings. The summed E-state index contributed by atoms with van der Waals surface area (Å²) in [4.78, 5) is 9.52. The SMILES string of the molecule is CN=C(NCC(C)Oc1cccc(C)c1)N1CCC(CN2CCCC2)C1.I. The summed E-state index contributed by atoms with van der Waals surface area (Å²) in [5, 5.41) is 3.50. The number of rotatable bonds is 6. The van der Waals surface area contributed by atoms with Crippen molar-refractivity contribution < 1.29 is 4.74 Å². The Morgan fingerprint density at radius 2 is 2.07 bits per heavy atom. The normalized spacial score (nSPS) is 21.8. The number of hydrogen-bond donors (Lipinski definition) is 1. The summed E-state index contributed by atoms with van der Waals surface area (Å²) in [5.41, 5.74) is 1.22. The molecule has 3 rings (SSSR count). The summed E-state index contributed by atoms with van der Waals surface area (Å²) in [6.45, 7) is 11.0. The zero-order valence-electron chi connectivity index (χ0n) is 17.0. The number of likely N-dealkylation sites (tertiary alicyclic amines) is 2. The molecule has 152 valence electrons. The maximum absolute atomic E-state index is 6.02. The predicted molar refractivity (Wildman–Crippen MR) is 123 cm³/mol. The van der Waals surface area contributed by atoms with Crippen LogP contribution in [0.4, 0.5) is 0 Å². The van der Waals surface area contributed by atoms with E-state index in [9.17, 15) is 0 Å². The van der Waals surface area contributed by atoms with Gasteiger partial charge in [0.2, 0.25) is 0 Å². The molecule has 6 heteroatoms. The summed E-state index contributed by atoms with van der Waals surface area (Å²) >= 11 is 0. The van der Waals surface area contributed by atoms with Gasteiger partial charge in [0.05, 0.1) is 6.54 Å². The summed E-state index contributed by atoms with van der Waals surface area (Å²) in [6, 6.07) is 8.22. The number of benzene rings is 1. The zero-order valence-corrected chi connectivity index (χ0v) is 19.3. The lowest BCUT2D eigenvalue weighted by molar-refractivity contribution is 0.222. The summed E-state index contributed by atoms with van der Waals surface area (Å²) in [5.74, 6) is 2.71. The van der Waals surface area contributed by atoms with Crippen LogP contribution in [0.3, 0.4) is 0 Å². The molecule has 1 aromatic carbocycles. The Labute approximate surface area is 181 Å². The lowest BCUT2D eigenvalue weighted by atomic mass is 10.1. The van der Waals surface area contributed by atoms with Crippen molar-refractivity contribution >= 4 is 29.9 Å². The molecule has 2 heterocycles. The highest BCUT2D eigenvalue weighted by Gasteiger charge is 2.27. The lowest BCUT2D eigenvalue weighted by Gasteiger charge is -2.24. The van der Waals surface area contributed by atoms with Crippen molar-refractivity contribution in [2.24, 2.45) is 10.9 Å². The van der Waals surface area contributed by atoms with Crippen LogP contribution in [-0.2, 0) is 0 Å². The van der Waals surface area contributed by atoms with E-state index < -0.39 is 0 Å². The van der Waals surface area contributed by atoms with E-state index in [1.807, 2.05) is 19.2 Å². The van der Waals surface area contributed by atoms with Crippen molar-refractivity contribution in [3.8, 4) is 5.75 Å². The highest BCUT2D eigenvalue weighted by atomic mass is 127. The Bertz CT molecular complexity index is 604. The topological polar surface area (TPSA) is 40.1 Å². The standard InChI is InChI=1S/C21H34N4O.HI/c1-17-7-6-8-20(13-17)26-18(2)14-23-21(22-3)25-12-9-19(16-25)15-24-10-4-5-11-24;/h6-8,13,18-19H,4-5,9-12,14-16H2,1-3H3,(H,22,23);1H. The van der Waals surface area contributed by atoms with Crippen LogP contribution in [0.15, 0.2) is 29.3 Å². The van der Waals surface area contributed by atoms with E-state index in [2.05, 4.69) is 46.1 Å². The number of aliphatic imine (C=N–C) groups is 1. The minimum Gasteiger partial charge on any atom is -0.489 e. The van der Waals surface area contributed by atoms with Crippen LogP contribution in [0.25, 0.3) is 0 Å². The molecule has 0 saturated carbocycles. The molecule has 2 aliphatic heterocycles. The van der Waals surface area contributed by atoms with Crippen LogP contribution in [0.5, 0.6) is 5.75 Å². The Balaban J connectivity index is 0.00000261. The number of nitrogens with zero attached hydrogens (tertiary/aromatic N) is 3. The minimum atomic E-state index is 0. The monoisotopic (exact) mass is 486 g/mol. The van der Waals surface area contributed by atoms with Crippen molar-refractivity contribution in [2.45, 2.75) is 39.2 Å². The maximum atomic E-state index is 6.02. The van der Waals surface area contributed by atoms with Crippen molar-refractivity contribution in [2.75, 3.05) is 46.3 Å². The van der Waals surface area contributed by atoms with Gasteiger partial charge in [-0.3, -0.25) is 4.99 Å². The van der Waals surface area contributed by atoms with Gasteiger partial charge in [0, 0.05) is 26.7 Å². The van der Waals surface area contributed by atoms with E-state index in [-0.39, 0.29) is 30.1 Å². The second-order valence-electron chi connectivity index (χ2n) is 7.78. The zero-order chi connectivity index (χ0) is 18.4. The Morgan fingerprint density at radius 3 is 2.78 bits per heavy atom. The first-order valence-electron chi connectivity index (χ1n) is 10.1. The number of ether oxygens (including phenoxy) is 1. The van der Waals surface area contributed by atoms with E-state index >= 15 is 0 Å². The molecule has 1 aromatic rings. The Morgan fingerprint density at radius 1 is 1.30 bits per heavy atom. The van der Waals surface area contributed by atoms with Crippen LogP contribution in [0.1, 0.15) is 31.7 Å². The first-order chi connectivity index (χ1) is 12.6. The summed E-state index contributed by atoms with van der Waals surface area (Å²) < 4.78 is 6.02. The fourth-order valence-electron chi connectivity index (χ4n) is 4.03. The third-order valence-corrected chi connectivity index (χ3v) is 5.39. The molecule has 2 unspecified atom stereocenters. The van der Waals surface area contributed by atoms with Crippen LogP contribution >= 0.6 is 24.0 Å². The number of aryl methyl sites for hydroxylation is 1. The Kier molecular flexibility index (Phi) is 9.15. The second kappa shape index (κ2) is 11.1. The molecule has 0 radical (unpaired) electrons. The molecular weight excluding hydrogens is 451 g/mol. The maximum Gasteiger partial charge on any atom is 0.193 e. The van der Waals surface area contributed by atoms with Crippen LogP contribution < -0.4 is 10.1 Å². The molecule has 5 nitrogen and oxygen atoms in total. The minimum absolute atomic E-state index is 0. The van der Waals surface area contributed by atoms with Gasteiger partial charge in [-0.25, -0.2) is 0 Å². The first-order valence-corrected chi connectivity index (χ1v) is 10.1. The molecule has 0 spiro atoms. The van der Waals surface area contributed by atoms with Crippen LogP contribution in [0.2, 0.25) is 0 Å². The van der Waals surface area contributed by atoms with Gasteiger partial charge < -0.3 is 19.9 Å². The van der Waals surface area contributed by atoms with Gasteiger partial charge in [-0.2, -0.15) is 0 Å². The highest BCUT2D eigenvalue weighted by molar-refractivity contribution is 14.0. The smallest absolute Gasteiger partial charge is 0.193 e. The predicted octanol–water partition coefficient (Wildman–Crippen LogP) is 3.37. The summed E-state index contributed by atoms with van der Waals surface area (Å²) in [6.07, 6.45) is 4.11. The third kappa shape index (κ3) is 6.82. The molecule has 0 amide bonds. The highest BCUT2D eigenvalue weighted by Crippen LogP contribution is 2.20. The second-order valence-corrected chi connectivity index (χ2v) is 7.78. The van der Waals surface area contributed by atoms with Crippen molar-refractivity contribution in [1.82, 2.24) is 15.1 Å². The molecular formula is C21H35IN4O. The summed E-state index contributed by atoms with van der Waals surface area (Å²) in [7, 11) is 1.88. The largest absolute Gasteiger partial charge is 0.489 e. The third-order valence-electron chi connectivity index (χ3n) is 5.39. The quantitative estimate of drug-likeness (QED) is 0.381. The van der Waals surface area contributed by atoms with Crippen LogP contribution in [-0.4, -0.2) is 68.2 Å². The van der Waals surface area contributed by atoms with Crippen molar-refractivity contribution in [3.63, 3.8) is 0 Å². The van der Waals surface area contributed by atoms with E-state index in [1.54, 1.807) is 0 Å². The van der Waals surface area contributed by atoms with Gasteiger partial charge in [0.25, 0.3) is 0 Å². The lowest BCUT2D eigenvalue weighted by Crippen LogP contribution is -2.44. The van der Waals surface area contributed by atoms with Gasteiger partial charge in [0.1, 0.15) is 11.9 Å². The fourth-order valence-corrected chi connectivity index (χ4v) is 4.03. The van der Waals surface area contributed by atoms with Gasteiger partial charge in [0.15, 0.2) is 5.96 Å². The van der Waals surface area contributed by atoms with E-state index in [1.165, 1.54) is 44.5 Å². The van der Waals surface area contributed by atoms with Crippen molar-refractivity contribution in [1.29, 1.82) is 0 Å². The number of halogens is 1. The fraction of sp³-hybridized carbons (Fsp3) is 0.667. The molecule has 2 fully saturated rings. The Hall–Kier alpha value is -1.02. The van der Waals surface area contributed by atoms with Crippen molar-refractivity contribution in [3.05, 3.63) is 29.8 Å². The van der Waals surface area contributed by atoms with Gasteiger partial charge in [-0.15, -0.1) is 24.0 Å². The molecule has 0 aromatic heterocycles. The molecule has 1 N–H and O–H groups in total. The molecule has 27 heavy (non-hydrogen) atoms. The number of hydrogen-bond acceptors (Lipinski definition) is 3. The van der Waals surface area contributed by atoms with E-state index in [0.717, 1.165) is 37.3 Å². The number of nitrogens with one attached hydrogen (secondary N) is 1. The van der Waals surface area contributed by atoms with Crippen LogP contribution in [0, 0.1) is 12.8 Å². The molecule has 2 atom stereocenters. The average molecular weight is 486 g/mol. The van der Waals surface area contributed by atoms with Gasteiger partial charge in [-0.1, -0.05) is 12.1 Å². The molecule has 2 saturated heterocycles. The first kappa shape index (κ1) is 22.3.